The second-order valence-corrected chi connectivity index (χ2v) is 8.75. The Kier molecular flexibility index (Phi) is 9.04. The van der Waals surface area contributed by atoms with Crippen molar-refractivity contribution in [3.05, 3.63) is 45.7 Å². The van der Waals surface area contributed by atoms with Gasteiger partial charge in [-0.15, -0.1) is 23.5 Å². The molecule has 0 fully saturated rings. The number of thioether (sulfide) groups is 2. The van der Waals surface area contributed by atoms with Gasteiger partial charge in [0.1, 0.15) is 0 Å². The fraction of sp³-hybridized carbons (Fsp3) is 0.438. The van der Waals surface area contributed by atoms with Crippen molar-refractivity contribution in [3.63, 3.8) is 0 Å². The normalized spacial score (nSPS) is 12.0. The molecule has 0 amide bonds. The average Bonchev–Trinajstić information content (AvgIpc) is 2.52. The SMILES string of the molecule is CCSC(SCC)=C(CS(=O)CC)C(=O)c1ccccc1. The fourth-order valence-electron chi connectivity index (χ4n) is 1.72. The average molecular weight is 343 g/mol. The Bertz CT molecular complexity index is 502. The maximum Gasteiger partial charge on any atom is 0.191 e. The van der Waals surface area contributed by atoms with Crippen molar-refractivity contribution in [1.29, 1.82) is 0 Å². The maximum atomic E-state index is 12.8. The van der Waals surface area contributed by atoms with Crippen molar-refractivity contribution in [1.82, 2.24) is 0 Å². The molecule has 0 aliphatic carbocycles. The summed E-state index contributed by atoms with van der Waals surface area (Å²) in [6.45, 7) is 6.03. The summed E-state index contributed by atoms with van der Waals surface area (Å²) < 4.78 is 13.0. The highest BCUT2D eigenvalue weighted by atomic mass is 32.2. The van der Waals surface area contributed by atoms with E-state index in [1.807, 2.05) is 37.3 Å². The number of ketones is 1. The van der Waals surface area contributed by atoms with Crippen LogP contribution in [0.15, 0.2) is 40.1 Å². The van der Waals surface area contributed by atoms with E-state index in [0.29, 0.717) is 22.6 Å². The number of Topliss-reactive ketones (excluding diaryl/α,β-unsaturated/α-hetero) is 1. The van der Waals surface area contributed by atoms with E-state index in [2.05, 4.69) is 13.8 Å². The Hall–Kier alpha value is -0.520. The van der Waals surface area contributed by atoms with E-state index in [-0.39, 0.29) is 5.78 Å². The maximum absolute atomic E-state index is 12.8. The fourth-order valence-corrected chi connectivity index (χ4v) is 4.95. The summed E-state index contributed by atoms with van der Waals surface area (Å²) >= 11 is 3.34. The number of carbonyl (C=O) groups is 1. The first-order valence-electron chi connectivity index (χ1n) is 7.07. The van der Waals surface area contributed by atoms with Crippen LogP contribution in [0.25, 0.3) is 0 Å². The Labute approximate surface area is 138 Å². The van der Waals surface area contributed by atoms with Crippen LogP contribution in [-0.2, 0) is 10.8 Å². The Morgan fingerprint density at radius 2 is 1.62 bits per heavy atom. The molecule has 0 aliphatic rings. The summed E-state index contributed by atoms with van der Waals surface area (Å²) in [5.41, 5.74) is 1.38. The van der Waals surface area contributed by atoms with E-state index in [0.717, 1.165) is 15.7 Å². The molecule has 1 unspecified atom stereocenters. The third-order valence-electron chi connectivity index (χ3n) is 2.73. The van der Waals surface area contributed by atoms with Crippen LogP contribution in [0.1, 0.15) is 31.1 Å². The molecule has 0 radical (unpaired) electrons. The molecule has 0 heterocycles. The highest BCUT2D eigenvalue weighted by Gasteiger charge is 2.19. The van der Waals surface area contributed by atoms with E-state index >= 15 is 0 Å². The van der Waals surface area contributed by atoms with Crippen LogP contribution in [0.2, 0.25) is 0 Å². The third-order valence-corrected chi connectivity index (χ3v) is 6.29. The molecule has 0 saturated heterocycles. The van der Waals surface area contributed by atoms with Crippen molar-refractivity contribution in [2.45, 2.75) is 20.8 Å². The first-order valence-corrected chi connectivity index (χ1v) is 10.5. The Morgan fingerprint density at radius 1 is 1.05 bits per heavy atom. The predicted molar refractivity (Wildman–Crippen MR) is 97.6 cm³/mol. The molecule has 1 aromatic rings. The zero-order valence-corrected chi connectivity index (χ0v) is 15.2. The molecule has 1 aromatic carbocycles. The number of rotatable bonds is 9. The lowest BCUT2D eigenvalue weighted by molar-refractivity contribution is 0.103. The van der Waals surface area contributed by atoms with Gasteiger partial charge < -0.3 is 0 Å². The van der Waals surface area contributed by atoms with Crippen LogP contribution in [0.5, 0.6) is 0 Å². The predicted octanol–water partition coefficient (Wildman–Crippen LogP) is 4.36. The van der Waals surface area contributed by atoms with Gasteiger partial charge in [0.25, 0.3) is 0 Å². The molecule has 0 N–H and O–H groups in total. The smallest absolute Gasteiger partial charge is 0.191 e. The first-order chi connectivity index (χ1) is 10.1. The monoisotopic (exact) mass is 342 g/mol. The molecule has 1 atom stereocenters. The van der Waals surface area contributed by atoms with E-state index in [1.165, 1.54) is 0 Å². The zero-order chi connectivity index (χ0) is 15.7. The van der Waals surface area contributed by atoms with Gasteiger partial charge in [0.05, 0.1) is 5.75 Å². The summed E-state index contributed by atoms with van der Waals surface area (Å²) in [6, 6.07) is 9.26. The lowest BCUT2D eigenvalue weighted by atomic mass is 10.1. The minimum absolute atomic E-state index is 0.00861. The molecule has 0 aromatic heterocycles. The summed E-state index contributed by atoms with van der Waals surface area (Å²) in [5, 5.41) is 0. The van der Waals surface area contributed by atoms with Crippen molar-refractivity contribution in [2.24, 2.45) is 0 Å². The van der Waals surface area contributed by atoms with Gasteiger partial charge in [-0.2, -0.15) is 0 Å². The summed E-state index contributed by atoms with van der Waals surface area (Å²) in [5.74, 6) is 2.75. The van der Waals surface area contributed by atoms with Gasteiger partial charge in [-0.1, -0.05) is 51.1 Å². The van der Waals surface area contributed by atoms with Crippen molar-refractivity contribution in [2.75, 3.05) is 23.0 Å². The van der Waals surface area contributed by atoms with Crippen molar-refractivity contribution >= 4 is 40.1 Å². The van der Waals surface area contributed by atoms with E-state index in [1.54, 1.807) is 23.5 Å². The molecule has 2 nitrogen and oxygen atoms in total. The Balaban J connectivity index is 3.19. The van der Waals surface area contributed by atoms with Crippen molar-refractivity contribution < 1.29 is 9.00 Å². The van der Waals surface area contributed by atoms with Crippen LogP contribution in [0.4, 0.5) is 0 Å². The van der Waals surface area contributed by atoms with E-state index < -0.39 is 10.8 Å². The quantitative estimate of drug-likeness (QED) is 0.493. The van der Waals surface area contributed by atoms with Gasteiger partial charge in [0, 0.05) is 31.9 Å². The van der Waals surface area contributed by atoms with Gasteiger partial charge in [-0.25, -0.2) is 0 Å². The van der Waals surface area contributed by atoms with Crippen LogP contribution >= 0.6 is 23.5 Å². The number of benzene rings is 1. The van der Waals surface area contributed by atoms with Crippen LogP contribution in [0.3, 0.4) is 0 Å². The topological polar surface area (TPSA) is 34.1 Å². The molecule has 0 spiro atoms. The van der Waals surface area contributed by atoms with Crippen LogP contribution in [-0.4, -0.2) is 33.0 Å². The van der Waals surface area contributed by atoms with Crippen LogP contribution < -0.4 is 0 Å². The molecule has 0 saturated carbocycles. The van der Waals surface area contributed by atoms with E-state index in [9.17, 15) is 9.00 Å². The molecule has 116 valence electrons. The van der Waals surface area contributed by atoms with Gasteiger partial charge in [0.15, 0.2) is 5.78 Å². The molecule has 1 rings (SSSR count). The number of hydrogen-bond donors (Lipinski definition) is 0. The van der Waals surface area contributed by atoms with Gasteiger partial charge in [-0.05, 0) is 11.5 Å². The minimum atomic E-state index is -0.985. The molecule has 0 aliphatic heterocycles. The number of hydrogen-bond acceptors (Lipinski definition) is 4. The van der Waals surface area contributed by atoms with E-state index in [4.69, 9.17) is 0 Å². The lowest BCUT2D eigenvalue weighted by Gasteiger charge is -2.13. The van der Waals surface area contributed by atoms with Crippen LogP contribution in [0, 0.1) is 0 Å². The summed E-state index contributed by atoms with van der Waals surface area (Å²) in [4.78, 5) is 12.8. The highest BCUT2D eigenvalue weighted by molar-refractivity contribution is 8.22. The lowest BCUT2D eigenvalue weighted by Crippen LogP contribution is -2.13. The number of carbonyl (C=O) groups excluding carboxylic acids is 1. The van der Waals surface area contributed by atoms with Gasteiger partial charge >= 0.3 is 0 Å². The second kappa shape index (κ2) is 10.2. The first kappa shape index (κ1) is 18.5. The second-order valence-electron chi connectivity index (χ2n) is 4.20. The molecular weight excluding hydrogens is 320 g/mol. The highest BCUT2D eigenvalue weighted by Crippen LogP contribution is 2.33. The summed E-state index contributed by atoms with van der Waals surface area (Å²) in [6.07, 6.45) is 0. The minimum Gasteiger partial charge on any atom is -0.289 e. The van der Waals surface area contributed by atoms with Gasteiger partial charge in [0.2, 0.25) is 0 Å². The standard InChI is InChI=1S/C16H22O2S3/c1-4-19-16(20-5-2)14(12-21(18)6-3)15(17)13-10-8-7-9-11-13/h7-11H,4-6,12H2,1-3H3. The molecule has 0 bridgehead atoms. The Morgan fingerprint density at radius 3 is 2.10 bits per heavy atom. The molecular formula is C16H22O2S3. The third kappa shape index (κ3) is 6.01. The zero-order valence-electron chi connectivity index (χ0n) is 12.8. The molecule has 5 heteroatoms. The summed E-state index contributed by atoms with van der Waals surface area (Å²) in [7, 11) is -0.985. The van der Waals surface area contributed by atoms with Crippen molar-refractivity contribution in [3.8, 4) is 0 Å². The largest absolute Gasteiger partial charge is 0.289 e. The van der Waals surface area contributed by atoms with Gasteiger partial charge in [-0.3, -0.25) is 9.00 Å². The molecule has 21 heavy (non-hydrogen) atoms.